The molecule has 0 bridgehead atoms. The second-order valence-corrected chi connectivity index (χ2v) is 9.08. The zero-order valence-electron chi connectivity index (χ0n) is 18.9. The third-order valence-corrected chi connectivity index (χ3v) is 5.41. The van der Waals surface area contributed by atoms with Gasteiger partial charge < -0.3 is 21.5 Å². The Labute approximate surface area is 195 Å². The second kappa shape index (κ2) is 9.43. The molecule has 0 aliphatic carbocycles. The first-order valence-electron chi connectivity index (χ1n) is 10.9. The molecule has 1 aromatic carbocycles. The summed E-state index contributed by atoms with van der Waals surface area (Å²) in [6.07, 6.45) is 3.79. The summed E-state index contributed by atoms with van der Waals surface area (Å²) in [6, 6.07) is 4.07. The van der Waals surface area contributed by atoms with Gasteiger partial charge in [0.1, 0.15) is 12.0 Å². The number of amides is 1. The van der Waals surface area contributed by atoms with E-state index in [0.29, 0.717) is 18.7 Å². The zero-order chi connectivity index (χ0) is 24.5. The fourth-order valence-corrected chi connectivity index (χ4v) is 3.85. The van der Waals surface area contributed by atoms with E-state index < -0.39 is 29.5 Å². The zero-order valence-corrected chi connectivity index (χ0v) is 18.9. The topological polar surface area (TPSA) is 131 Å². The number of nitrogens with zero attached hydrogens (tertiary/aromatic N) is 4. The second-order valence-electron chi connectivity index (χ2n) is 9.08. The highest BCUT2D eigenvalue weighted by Crippen LogP contribution is 2.28. The number of alkyl halides is 1. The lowest BCUT2D eigenvalue weighted by Gasteiger charge is -2.26. The molecule has 3 heterocycles. The number of aliphatic hydroxyl groups is 1. The Balaban J connectivity index is 1.60. The maximum Gasteiger partial charge on any atom is 0.274 e. The third kappa shape index (κ3) is 5.54. The molecule has 2 atom stereocenters. The number of aromatic nitrogens is 4. The molecular weight excluding hydrogens is 444 g/mol. The van der Waals surface area contributed by atoms with Crippen molar-refractivity contribution in [3.05, 3.63) is 48.3 Å². The van der Waals surface area contributed by atoms with E-state index in [2.05, 4.69) is 25.7 Å². The molecule has 0 radical (unpaired) electrons. The molecule has 2 aromatic heterocycles. The van der Waals surface area contributed by atoms with Crippen LogP contribution in [0.15, 0.2) is 36.8 Å². The van der Waals surface area contributed by atoms with Crippen molar-refractivity contribution in [1.82, 2.24) is 30.4 Å². The van der Waals surface area contributed by atoms with Gasteiger partial charge in [-0.2, -0.15) is 5.10 Å². The minimum atomic E-state index is -1.06. The van der Waals surface area contributed by atoms with E-state index in [-0.39, 0.29) is 35.7 Å². The summed E-state index contributed by atoms with van der Waals surface area (Å²) in [5, 5.41) is 19.9. The van der Waals surface area contributed by atoms with Crippen LogP contribution < -0.4 is 16.4 Å². The van der Waals surface area contributed by atoms with Crippen LogP contribution in [0.2, 0.25) is 0 Å². The first kappa shape index (κ1) is 23.7. The van der Waals surface area contributed by atoms with Crippen LogP contribution in [0, 0.1) is 5.82 Å². The van der Waals surface area contributed by atoms with E-state index >= 15 is 0 Å². The molecule has 3 aromatic rings. The molecule has 0 spiro atoms. The van der Waals surface area contributed by atoms with E-state index in [4.69, 9.17) is 5.73 Å². The summed E-state index contributed by atoms with van der Waals surface area (Å²) in [7, 11) is 0. The van der Waals surface area contributed by atoms with Crippen LogP contribution in [0.1, 0.15) is 30.8 Å². The van der Waals surface area contributed by atoms with Gasteiger partial charge in [0.15, 0.2) is 11.5 Å². The summed E-state index contributed by atoms with van der Waals surface area (Å²) in [5.74, 6) is -1.25. The molecule has 4 rings (SSSR count). The Bertz CT molecular complexity index is 1190. The SMILES string of the molecule is CC(C)(O)Cn1cc(-c2ccc(F)c(-c3cnc(N)c(C(=O)NC4CNC[C@@H](F)C4)n3)c2)cn1. The number of nitrogen functional groups attached to an aromatic ring is 1. The average molecular weight is 472 g/mol. The Morgan fingerprint density at radius 1 is 1.32 bits per heavy atom. The molecule has 1 aliphatic rings. The van der Waals surface area contributed by atoms with Gasteiger partial charge in [-0.3, -0.25) is 9.48 Å². The maximum atomic E-state index is 14.7. The lowest BCUT2D eigenvalue weighted by Crippen LogP contribution is -2.49. The number of halogens is 2. The average Bonchev–Trinajstić information content (AvgIpc) is 3.21. The van der Waals surface area contributed by atoms with Gasteiger partial charge in [0, 0.05) is 42.9 Å². The van der Waals surface area contributed by atoms with E-state index in [1.807, 2.05) is 0 Å². The molecule has 1 amide bonds. The van der Waals surface area contributed by atoms with Crippen LogP contribution in [0.4, 0.5) is 14.6 Å². The van der Waals surface area contributed by atoms with Crippen molar-refractivity contribution in [2.24, 2.45) is 0 Å². The van der Waals surface area contributed by atoms with Gasteiger partial charge in [-0.15, -0.1) is 0 Å². The largest absolute Gasteiger partial charge is 0.389 e. The third-order valence-electron chi connectivity index (χ3n) is 5.41. The lowest BCUT2D eigenvalue weighted by atomic mass is 10.0. The van der Waals surface area contributed by atoms with Gasteiger partial charge in [0.05, 0.1) is 30.2 Å². The molecule has 9 nitrogen and oxygen atoms in total. The van der Waals surface area contributed by atoms with Gasteiger partial charge >= 0.3 is 0 Å². The predicted octanol–water partition coefficient (Wildman–Crippen LogP) is 1.93. The van der Waals surface area contributed by atoms with Gasteiger partial charge in [0.2, 0.25) is 0 Å². The van der Waals surface area contributed by atoms with Crippen molar-refractivity contribution in [2.45, 2.75) is 44.6 Å². The highest BCUT2D eigenvalue weighted by molar-refractivity contribution is 5.97. The summed E-state index contributed by atoms with van der Waals surface area (Å²) in [4.78, 5) is 21.0. The van der Waals surface area contributed by atoms with Crippen LogP contribution in [0.3, 0.4) is 0 Å². The molecule has 11 heteroatoms. The number of hydrogen-bond acceptors (Lipinski definition) is 7. The predicted molar refractivity (Wildman–Crippen MR) is 123 cm³/mol. The molecule has 1 aliphatic heterocycles. The smallest absolute Gasteiger partial charge is 0.274 e. The van der Waals surface area contributed by atoms with Crippen molar-refractivity contribution >= 4 is 11.7 Å². The van der Waals surface area contributed by atoms with E-state index in [1.54, 1.807) is 43.1 Å². The molecule has 180 valence electrons. The standard InChI is InChI=1S/C23H27F2N7O2/c1-23(2,34)12-32-11-14(7-29-32)13-3-4-18(25)17(5-13)19-10-28-21(26)20(31-19)22(33)30-16-6-15(24)8-27-9-16/h3-5,7,10-11,15-16,27,34H,6,8-9,12H2,1-2H3,(H2,26,28)(H,30,33)/t15-,16?/m0/s1. The first-order valence-corrected chi connectivity index (χ1v) is 10.9. The number of rotatable bonds is 6. The monoisotopic (exact) mass is 471 g/mol. The molecule has 1 fully saturated rings. The molecule has 1 saturated heterocycles. The fourth-order valence-electron chi connectivity index (χ4n) is 3.85. The van der Waals surface area contributed by atoms with E-state index in [9.17, 15) is 18.7 Å². The Morgan fingerprint density at radius 3 is 2.85 bits per heavy atom. The summed E-state index contributed by atoms with van der Waals surface area (Å²) < 4.78 is 30.0. The number of piperidine rings is 1. The van der Waals surface area contributed by atoms with Crippen molar-refractivity contribution < 1.29 is 18.7 Å². The van der Waals surface area contributed by atoms with Crippen LogP contribution in [-0.2, 0) is 6.54 Å². The van der Waals surface area contributed by atoms with Crippen LogP contribution in [-0.4, -0.2) is 61.7 Å². The van der Waals surface area contributed by atoms with Gasteiger partial charge in [-0.1, -0.05) is 6.07 Å². The van der Waals surface area contributed by atoms with Crippen LogP contribution in [0.25, 0.3) is 22.4 Å². The van der Waals surface area contributed by atoms with Crippen molar-refractivity contribution in [2.75, 3.05) is 18.8 Å². The molecule has 34 heavy (non-hydrogen) atoms. The van der Waals surface area contributed by atoms with Crippen molar-refractivity contribution in [1.29, 1.82) is 0 Å². The number of carbonyl (C=O) groups is 1. The van der Waals surface area contributed by atoms with Crippen LogP contribution >= 0.6 is 0 Å². The quantitative estimate of drug-likeness (QED) is 0.432. The first-order chi connectivity index (χ1) is 16.1. The maximum absolute atomic E-state index is 14.7. The van der Waals surface area contributed by atoms with Gasteiger partial charge in [0.25, 0.3) is 5.91 Å². The lowest BCUT2D eigenvalue weighted by molar-refractivity contribution is 0.0577. The molecule has 5 N–H and O–H groups in total. The van der Waals surface area contributed by atoms with Gasteiger partial charge in [-0.05, 0) is 31.5 Å². The Morgan fingerprint density at radius 2 is 2.12 bits per heavy atom. The van der Waals surface area contributed by atoms with Crippen molar-refractivity contribution in [3.63, 3.8) is 0 Å². The Hall–Kier alpha value is -3.44. The summed E-state index contributed by atoms with van der Waals surface area (Å²) >= 11 is 0. The molecular formula is C23H27F2N7O2. The molecule has 1 unspecified atom stereocenters. The van der Waals surface area contributed by atoms with Gasteiger partial charge in [-0.25, -0.2) is 18.7 Å². The number of nitrogens with one attached hydrogen (secondary N) is 2. The fraction of sp³-hybridized carbons (Fsp3) is 0.391. The van der Waals surface area contributed by atoms with Crippen molar-refractivity contribution in [3.8, 4) is 22.4 Å². The normalized spacial score (nSPS) is 18.6. The van der Waals surface area contributed by atoms with E-state index in [0.717, 1.165) is 5.56 Å². The molecule has 0 saturated carbocycles. The summed E-state index contributed by atoms with van der Waals surface area (Å²) in [5.41, 5.74) is 6.43. The number of hydrogen-bond donors (Lipinski definition) is 4. The number of nitrogens with two attached hydrogens (primary N) is 1. The number of carbonyl (C=O) groups excluding carboxylic acids is 1. The minimum Gasteiger partial charge on any atom is -0.389 e. The number of anilines is 1. The van der Waals surface area contributed by atoms with Crippen LogP contribution in [0.5, 0.6) is 0 Å². The minimum absolute atomic E-state index is 0.105. The van der Waals surface area contributed by atoms with E-state index in [1.165, 1.54) is 12.3 Å². The highest BCUT2D eigenvalue weighted by atomic mass is 19.1. The summed E-state index contributed by atoms with van der Waals surface area (Å²) in [6.45, 7) is 4.33. The highest BCUT2D eigenvalue weighted by Gasteiger charge is 2.25. The number of benzene rings is 1. The Kier molecular flexibility index (Phi) is 6.58.